The van der Waals surface area contributed by atoms with Gasteiger partial charge in [-0.15, -0.1) is 13.1 Å². The summed E-state index contributed by atoms with van der Waals surface area (Å²) in [6.07, 6.45) is 0. The summed E-state index contributed by atoms with van der Waals surface area (Å²) in [6, 6.07) is 20.9. The van der Waals surface area contributed by atoms with Gasteiger partial charge in [0.1, 0.15) is 0 Å². The summed E-state index contributed by atoms with van der Waals surface area (Å²) < 4.78 is 0. The molecule has 0 amide bonds. The molecule has 0 aromatic heterocycles. The van der Waals surface area contributed by atoms with Gasteiger partial charge in [-0.25, -0.2) is 0 Å². The van der Waals surface area contributed by atoms with Crippen LogP contribution in [0.2, 0.25) is 39.3 Å². The molecule has 0 radical (unpaired) electrons. The van der Waals surface area contributed by atoms with Gasteiger partial charge < -0.3 is 9.96 Å². The van der Waals surface area contributed by atoms with Crippen LogP contribution in [0.4, 0.5) is 0 Å². The maximum Gasteiger partial charge on any atom is 1.00 e. The van der Waals surface area contributed by atoms with Gasteiger partial charge in [-0.1, -0.05) is 128 Å². The average Bonchev–Trinajstić information content (AvgIpc) is 2.52. The van der Waals surface area contributed by atoms with E-state index in [1.54, 1.807) is 0 Å². The van der Waals surface area contributed by atoms with Crippen LogP contribution in [-0.4, -0.2) is 16.5 Å². The van der Waals surface area contributed by atoms with E-state index in [1.807, 2.05) is 12.1 Å². The van der Waals surface area contributed by atoms with Crippen LogP contribution in [0, 0.1) is 0 Å². The Morgan fingerprint density at radius 1 is 0.577 bits per heavy atom. The third-order valence-corrected chi connectivity index (χ3v) is 5.37. The number of benzene rings is 2. The van der Waals surface area contributed by atoms with Crippen molar-refractivity contribution in [3.8, 4) is 0 Å². The van der Waals surface area contributed by atoms with Crippen molar-refractivity contribution in [2.45, 2.75) is 52.4 Å². The molecule has 0 N–H and O–H groups in total. The summed E-state index contributed by atoms with van der Waals surface area (Å²) in [6.45, 7) is 15.3. The fourth-order valence-corrected chi connectivity index (χ4v) is 3.14. The van der Waals surface area contributed by atoms with Crippen molar-refractivity contribution in [1.82, 2.24) is 0 Å². The van der Waals surface area contributed by atoms with Crippen molar-refractivity contribution in [3.05, 3.63) is 81.8 Å². The third-order valence-electron chi connectivity index (χ3n) is 3.16. The van der Waals surface area contributed by atoms with Gasteiger partial charge in [0.05, 0.1) is 0 Å². The molecular formula is C20H32CuLiN2Si2. The summed E-state index contributed by atoms with van der Waals surface area (Å²) >= 11 is 0. The zero-order chi connectivity index (χ0) is 18.1. The van der Waals surface area contributed by atoms with Crippen LogP contribution in [0.3, 0.4) is 0 Å². The van der Waals surface area contributed by atoms with Gasteiger partial charge in [-0.3, -0.25) is 0 Å². The molecule has 0 aliphatic rings. The van der Waals surface area contributed by atoms with E-state index in [2.05, 4.69) is 97.8 Å². The smallest absolute Gasteiger partial charge is 0.661 e. The number of nitrogens with zero attached hydrogens (tertiary/aromatic N) is 2. The minimum Gasteiger partial charge on any atom is -0.661 e. The fraction of sp³-hybridized carbons (Fsp3) is 0.400. The van der Waals surface area contributed by atoms with E-state index >= 15 is 0 Å². The maximum atomic E-state index is 4.67. The average molecular weight is 427 g/mol. The zero-order valence-electron chi connectivity index (χ0n) is 17.4. The maximum absolute atomic E-state index is 4.67. The van der Waals surface area contributed by atoms with E-state index in [0.717, 1.165) is 13.1 Å². The van der Waals surface area contributed by atoms with E-state index < -0.39 is 16.5 Å². The minimum absolute atomic E-state index is 0. The normalized spacial score (nSPS) is 10.7. The second kappa shape index (κ2) is 14.0. The zero-order valence-corrected chi connectivity index (χ0v) is 20.3. The monoisotopic (exact) mass is 426 g/mol. The molecule has 6 heteroatoms. The molecule has 26 heavy (non-hydrogen) atoms. The molecule has 142 valence electrons. The van der Waals surface area contributed by atoms with Crippen molar-refractivity contribution >= 4 is 16.5 Å². The first-order valence-electron chi connectivity index (χ1n) is 8.61. The Morgan fingerprint density at radius 3 is 1.08 bits per heavy atom. The number of hydrogen-bond donors (Lipinski definition) is 0. The summed E-state index contributed by atoms with van der Waals surface area (Å²) in [5, 5.41) is 0. The van der Waals surface area contributed by atoms with Gasteiger partial charge in [0.25, 0.3) is 0 Å². The van der Waals surface area contributed by atoms with E-state index in [0.29, 0.717) is 0 Å². The largest absolute Gasteiger partial charge is 1.00 e. The second-order valence-electron chi connectivity index (χ2n) is 7.95. The Bertz CT molecular complexity index is 516. The van der Waals surface area contributed by atoms with Crippen molar-refractivity contribution in [2.24, 2.45) is 0 Å². The van der Waals surface area contributed by atoms with Crippen LogP contribution >= 0.6 is 0 Å². The van der Waals surface area contributed by atoms with Crippen LogP contribution in [0.25, 0.3) is 9.96 Å². The van der Waals surface area contributed by atoms with Crippen LogP contribution in [-0.2, 0) is 30.2 Å². The molecule has 0 unspecified atom stereocenters. The Balaban J connectivity index is 0. The summed E-state index contributed by atoms with van der Waals surface area (Å²) in [7, 11) is -2.43. The van der Waals surface area contributed by atoms with Gasteiger partial charge in [0, 0.05) is 0 Å². The Labute approximate surface area is 185 Å². The molecular weight excluding hydrogens is 395 g/mol. The topological polar surface area (TPSA) is 28.2 Å². The molecule has 0 bridgehead atoms. The Morgan fingerprint density at radius 2 is 0.846 bits per heavy atom. The molecule has 2 rings (SSSR count). The van der Waals surface area contributed by atoms with Gasteiger partial charge in [-0.05, 0) is 0 Å². The minimum atomic E-state index is -1.22. The Hall–Kier alpha value is -0.0894. The molecule has 0 aliphatic heterocycles. The van der Waals surface area contributed by atoms with E-state index in [1.165, 1.54) is 11.1 Å². The molecule has 0 atom stereocenters. The molecule has 0 aliphatic carbocycles. The third kappa shape index (κ3) is 16.1. The predicted octanol–water partition coefficient (Wildman–Crippen LogP) is 3.79. The first-order valence-corrected chi connectivity index (χ1v) is 15.5. The van der Waals surface area contributed by atoms with Crippen LogP contribution in [0.5, 0.6) is 0 Å². The van der Waals surface area contributed by atoms with Crippen LogP contribution < -0.4 is 18.9 Å². The summed E-state index contributed by atoms with van der Waals surface area (Å²) in [5.74, 6) is 0. The van der Waals surface area contributed by atoms with Crippen LogP contribution in [0.15, 0.2) is 60.7 Å². The summed E-state index contributed by atoms with van der Waals surface area (Å²) in [4.78, 5) is 9.33. The van der Waals surface area contributed by atoms with Crippen molar-refractivity contribution in [3.63, 3.8) is 0 Å². The van der Waals surface area contributed by atoms with Crippen LogP contribution in [0.1, 0.15) is 11.1 Å². The van der Waals surface area contributed by atoms with Crippen molar-refractivity contribution in [2.75, 3.05) is 0 Å². The van der Waals surface area contributed by atoms with Gasteiger partial charge in [0.15, 0.2) is 0 Å². The molecule has 0 saturated heterocycles. The summed E-state index contributed by atoms with van der Waals surface area (Å²) in [5.41, 5.74) is 2.64. The van der Waals surface area contributed by atoms with Crippen molar-refractivity contribution < 1.29 is 35.9 Å². The molecule has 2 aromatic rings. The molecule has 2 nitrogen and oxygen atoms in total. The predicted molar refractivity (Wildman–Crippen MR) is 114 cm³/mol. The second-order valence-corrected chi connectivity index (χ2v) is 17.3. The first kappa shape index (κ1) is 28.1. The quantitative estimate of drug-likeness (QED) is 0.628. The first-order chi connectivity index (χ1) is 11.2. The molecule has 2 aromatic carbocycles. The van der Waals surface area contributed by atoms with Crippen molar-refractivity contribution in [1.29, 1.82) is 0 Å². The van der Waals surface area contributed by atoms with E-state index in [9.17, 15) is 0 Å². The molecule has 0 spiro atoms. The molecule has 0 heterocycles. The molecule has 0 saturated carbocycles. The standard InChI is InChI=1S/2C10H16NSi.Cu.Li/c2*1-12(2,3)11-9-10-7-5-4-6-8-10;;/h2*4-8H,9H2,1-3H3;;/q2*-1;2*+1. The number of rotatable bonds is 6. The Kier molecular flexibility index (Phi) is 15.1. The number of hydrogen-bond acceptors (Lipinski definition) is 0. The van der Waals surface area contributed by atoms with E-state index in [4.69, 9.17) is 0 Å². The van der Waals surface area contributed by atoms with Gasteiger partial charge in [-0.2, -0.15) is 0 Å². The molecule has 0 fully saturated rings. The van der Waals surface area contributed by atoms with Gasteiger partial charge in [0.2, 0.25) is 0 Å². The SMILES string of the molecule is C[Si](C)(C)[N-]Cc1ccccc1.C[Si](C)(C)[N-]Cc1ccccc1.[Cu+].[Li+]. The fourth-order valence-electron chi connectivity index (χ4n) is 1.82. The van der Waals surface area contributed by atoms with Gasteiger partial charge >= 0.3 is 35.9 Å². The van der Waals surface area contributed by atoms with E-state index in [-0.39, 0.29) is 35.9 Å².